The summed E-state index contributed by atoms with van der Waals surface area (Å²) in [5.41, 5.74) is 6.21. The van der Waals surface area contributed by atoms with Crippen molar-refractivity contribution in [2.45, 2.75) is 0 Å². The van der Waals surface area contributed by atoms with E-state index in [-0.39, 0.29) is 10.6 Å². The van der Waals surface area contributed by atoms with Gasteiger partial charge >= 0.3 is 4.87 Å². The summed E-state index contributed by atoms with van der Waals surface area (Å²) in [5.74, 6) is -0.477. The van der Waals surface area contributed by atoms with E-state index in [1.54, 1.807) is 13.1 Å². The first-order valence-electron chi connectivity index (χ1n) is 3.65. The molecule has 0 fully saturated rings. The van der Waals surface area contributed by atoms with E-state index in [4.69, 9.17) is 5.73 Å². The molecule has 0 saturated heterocycles. The number of benzene rings is 1. The van der Waals surface area contributed by atoms with E-state index in [1.807, 2.05) is 0 Å². The van der Waals surface area contributed by atoms with Crippen molar-refractivity contribution in [3.8, 4) is 0 Å². The van der Waals surface area contributed by atoms with Crippen molar-refractivity contribution < 1.29 is 4.39 Å². The van der Waals surface area contributed by atoms with E-state index >= 15 is 0 Å². The van der Waals surface area contributed by atoms with E-state index < -0.39 is 5.82 Å². The molecule has 2 N–H and O–H groups in total. The molecular weight excluding hydrogens is 191 g/mol. The molecule has 0 aliphatic carbocycles. The van der Waals surface area contributed by atoms with Crippen molar-refractivity contribution in [3.63, 3.8) is 0 Å². The van der Waals surface area contributed by atoms with E-state index in [2.05, 4.69) is 0 Å². The number of nitrogens with two attached hydrogens (primary N) is 1. The number of halogens is 1. The number of hydrogen-bond acceptors (Lipinski definition) is 3. The van der Waals surface area contributed by atoms with Gasteiger partial charge in [-0.1, -0.05) is 11.3 Å². The molecule has 0 radical (unpaired) electrons. The van der Waals surface area contributed by atoms with Crippen LogP contribution in [0.4, 0.5) is 10.1 Å². The Labute approximate surface area is 77.2 Å². The summed E-state index contributed by atoms with van der Waals surface area (Å²) in [7, 11) is 1.64. The summed E-state index contributed by atoms with van der Waals surface area (Å²) in [5, 5.41) is 0. The van der Waals surface area contributed by atoms with Crippen LogP contribution in [0.2, 0.25) is 0 Å². The number of aromatic nitrogens is 1. The summed E-state index contributed by atoms with van der Waals surface area (Å²) in [4.78, 5) is 11.1. The van der Waals surface area contributed by atoms with Gasteiger partial charge in [-0.15, -0.1) is 0 Å². The lowest BCUT2D eigenvalue weighted by molar-refractivity contribution is 0.634. The van der Waals surface area contributed by atoms with Crippen molar-refractivity contribution in [1.82, 2.24) is 4.57 Å². The maximum Gasteiger partial charge on any atom is 0.307 e. The number of thiazole rings is 1. The Hall–Kier alpha value is -1.36. The molecule has 2 aromatic rings. The Morgan fingerprint density at radius 2 is 2.23 bits per heavy atom. The lowest BCUT2D eigenvalue weighted by Gasteiger charge is -1.97. The molecule has 2 rings (SSSR count). The molecule has 0 aliphatic rings. The molecule has 3 nitrogen and oxygen atoms in total. The van der Waals surface area contributed by atoms with Crippen LogP contribution in [0.15, 0.2) is 16.9 Å². The van der Waals surface area contributed by atoms with Crippen LogP contribution >= 0.6 is 11.3 Å². The minimum Gasteiger partial charge on any atom is -0.395 e. The Morgan fingerprint density at radius 1 is 1.54 bits per heavy atom. The van der Waals surface area contributed by atoms with Crippen LogP contribution in [0, 0.1) is 5.82 Å². The van der Waals surface area contributed by atoms with Crippen LogP contribution < -0.4 is 10.6 Å². The van der Waals surface area contributed by atoms with Crippen molar-refractivity contribution in [2.24, 2.45) is 7.05 Å². The van der Waals surface area contributed by atoms with Gasteiger partial charge in [0, 0.05) is 7.05 Å². The molecule has 1 aromatic heterocycles. The van der Waals surface area contributed by atoms with Gasteiger partial charge in [0.15, 0.2) is 0 Å². The largest absolute Gasteiger partial charge is 0.395 e. The molecule has 0 amide bonds. The monoisotopic (exact) mass is 198 g/mol. The average Bonchev–Trinajstić information content (AvgIpc) is 2.38. The van der Waals surface area contributed by atoms with Crippen molar-refractivity contribution in [1.29, 1.82) is 0 Å². The quantitative estimate of drug-likeness (QED) is 0.649. The Balaban J connectivity index is 3.03. The van der Waals surface area contributed by atoms with Gasteiger partial charge in [-0.25, -0.2) is 4.39 Å². The van der Waals surface area contributed by atoms with Crippen LogP contribution in [-0.4, -0.2) is 4.57 Å². The molecular formula is C8H7FN2OS. The predicted octanol–water partition coefficient (Wildman–Crippen LogP) is 1.32. The lowest BCUT2D eigenvalue weighted by Crippen LogP contribution is -2.06. The maximum atomic E-state index is 13.0. The van der Waals surface area contributed by atoms with Gasteiger partial charge in [-0.05, 0) is 12.1 Å². The average molecular weight is 198 g/mol. The van der Waals surface area contributed by atoms with E-state index in [1.165, 1.54) is 10.6 Å². The minimum atomic E-state index is -0.477. The molecule has 1 heterocycles. The third-order valence-corrected chi connectivity index (χ3v) is 3.03. The van der Waals surface area contributed by atoms with Crippen LogP contribution in [-0.2, 0) is 7.05 Å². The fourth-order valence-corrected chi connectivity index (χ4v) is 2.12. The van der Waals surface area contributed by atoms with Gasteiger partial charge in [0.1, 0.15) is 5.82 Å². The maximum absolute atomic E-state index is 13.0. The van der Waals surface area contributed by atoms with E-state index in [9.17, 15) is 9.18 Å². The highest BCUT2D eigenvalue weighted by atomic mass is 32.1. The number of anilines is 1. The summed E-state index contributed by atoms with van der Waals surface area (Å²) in [6, 6.07) is 2.82. The zero-order valence-corrected chi connectivity index (χ0v) is 7.69. The fourth-order valence-electron chi connectivity index (χ4n) is 1.19. The van der Waals surface area contributed by atoms with Crippen LogP contribution in [0.25, 0.3) is 10.2 Å². The first-order chi connectivity index (χ1) is 6.11. The number of nitrogen functional groups attached to an aromatic ring is 1. The first-order valence-corrected chi connectivity index (χ1v) is 4.46. The molecule has 5 heteroatoms. The third kappa shape index (κ3) is 1.04. The summed E-state index contributed by atoms with van der Waals surface area (Å²) in [6.07, 6.45) is 0. The van der Waals surface area contributed by atoms with Crippen LogP contribution in [0.3, 0.4) is 0 Å². The van der Waals surface area contributed by atoms with Crippen molar-refractivity contribution >= 4 is 27.2 Å². The van der Waals surface area contributed by atoms with E-state index in [0.29, 0.717) is 10.2 Å². The predicted molar refractivity (Wildman–Crippen MR) is 51.4 cm³/mol. The third-order valence-electron chi connectivity index (χ3n) is 1.95. The number of aryl methyl sites for hydroxylation is 1. The highest BCUT2D eigenvalue weighted by Gasteiger charge is 2.09. The number of rotatable bonds is 0. The van der Waals surface area contributed by atoms with E-state index in [0.717, 1.165) is 11.3 Å². The molecule has 0 saturated carbocycles. The number of nitrogens with zero attached hydrogens (tertiary/aromatic N) is 1. The van der Waals surface area contributed by atoms with Gasteiger partial charge < -0.3 is 10.3 Å². The first kappa shape index (κ1) is 8.25. The number of fused-ring (bicyclic) bond motifs is 1. The Kier molecular flexibility index (Phi) is 1.63. The second kappa shape index (κ2) is 2.56. The minimum absolute atomic E-state index is 0.0557. The fraction of sp³-hybridized carbons (Fsp3) is 0.125. The molecule has 0 bridgehead atoms. The highest BCUT2D eigenvalue weighted by molar-refractivity contribution is 7.17. The zero-order chi connectivity index (χ0) is 9.59. The highest BCUT2D eigenvalue weighted by Crippen LogP contribution is 2.25. The standard InChI is InChI=1S/C8H7FN2OS/c1-11-5-3-2-4(9)6(10)7(5)13-8(11)12/h2-3H,10H2,1H3. The molecule has 0 atom stereocenters. The Bertz CT molecular complexity index is 529. The van der Waals surface area contributed by atoms with Gasteiger partial charge in [-0.3, -0.25) is 4.79 Å². The van der Waals surface area contributed by atoms with Crippen LogP contribution in [0.1, 0.15) is 0 Å². The molecule has 0 spiro atoms. The Morgan fingerprint density at radius 3 is 2.92 bits per heavy atom. The lowest BCUT2D eigenvalue weighted by atomic mass is 10.3. The zero-order valence-electron chi connectivity index (χ0n) is 6.87. The SMILES string of the molecule is Cn1c(=O)sc2c(N)c(F)ccc21. The molecule has 68 valence electrons. The summed E-state index contributed by atoms with van der Waals surface area (Å²) < 4.78 is 14.9. The molecule has 0 aliphatic heterocycles. The summed E-state index contributed by atoms with van der Waals surface area (Å²) in [6.45, 7) is 0. The normalized spacial score (nSPS) is 10.9. The smallest absolute Gasteiger partial charge is 0.307 e. The van der Waals surface area contributed by atoms with Crippen molar-refractivity contribution in [2.75, 3.05) is 5.73 Å². The second-order valence-electron chi connectivity index (χ2n) is 2.74. The van der Waals surface area contributed by atoms with Gasteiger partial charge in [0.25, 0.3) is 0 Å². The summed E-state index contributed by atoms with van der Waals surface area (Å²) >= 11 is 0.962. The van der Waals surface area contributed by atoms with Crippen LogP contribution in [0.5, 0.6) is 0 Å². The topological polar surface area (TPSA) is 48.0 Å². The van der Waals surface area contributed by atoms with Gasteiger partial charge in [0.2, 0.25) is 0 Å². The van der Waals surface area contributed by atoms with Gasteiger partial charge in [0.05, 0.1) is 15.9 Å². The number of hydrogen-bond donors (Lipinski definition) is 1. The van der Waals surface area contributed by atoms with Gasteiger partial charge in [-0.2, -0.15) is 0 Å². The van der Waals surface area contributed by atoms with Crippen molar-refractivity contribution in [3.05, 3.63) is 27.6 Å². The molecule has 0 unspecified atom stereocenters. The second-order valence-corrected chi connectivity index (χ2v) is 3.70. The molecule has 13 heavy (non-hydrogen) atoms. The molecule has 1 aromatic carbocycles.